The predicted octanol–water partition coefficient (Wildman–Crippen LogP) is 4.44. The first kappa shape index (κ1) is 28.0. The molecule has 1 heterocycles. The summed E-state index contributed by atoms with van der Waals surface area (Å²) >= 11 is 0. The van der Waals surface area contributed by atoms with Crippen molar-refractivity contribution in [2.45, 2.75) is 32.7 Å². The zero-order valence-electron chi connectivity index (χ0n) is 22.2. The van der Waals surface area contributed by atoms with Gasteiger partial charge in [0.1, 0.15) is 28.8 Å². The fourth-order valence-corrected chi connectivity index (χ4v) is 4.01. The number of aromatic hydroxyl groups is 1. The molecule has 1 aromatic heterocycles. The quantitative estimate of drug-likeness (QED) is 0.256. The van der Waals surface area contributed by atoms with Crippen LogP contribution < -0.4 is 24.8 Å². The lowest BCUT2D eigenvalue weighted by atomic mass is 10.1. The highest BCUT2D eigenvalue weighted by Gasteiger charge is 2.34. The Hall–Kier alpha value is -3.53. The van der Waals surface area contributed by atoms with E-state index in [0.29, 0.717) is 44.4 Å². The van der Waals surface area contributed by atoms with Crippen molar-refractivity contribution in [3.8, 4) is 23.0 Å². The van der Waals surface area contributed by atoms with Gasteiger partial charge in [-0.25, -0.2) is 4.98 Å². The molecule has 3 aromatic rings. The summed E-state index contributed by atoms with van der Waals surface area (Å²) in [5.74, 6) is 1.83. The molecule has 3 rings (SSSR count). The van der Waals surface area contributed by atoms with Crippen LogP contribution in [0.2, 0.25) is 0 Å². The van der Waals surface area contributed by atoms with Gasteiger partial charge in [0, 0.05) is 61.3 Å². The molecule has 0 radical (unpaired) electrons. The van der Waals surface area contributed by atoms with Crippen LogP contribution in [0.25, 0.3) is 0 Å². The smallest absolute Gasteiger partial charge is 0.207 e. The van der Waals surface area contributed by atoms with Crippen molar-refractivity contribution in [2.24, 2.45) is 0 Å². The molecule has 0 aliphatic rings. The van der Waals surface area contributed by atoms with E-state index in [4.69, 9.17) is 23.7 Å². The molecule has 0 fully saturated rings. The van der Waals surface area contributed by atoms with Crippen molar-refractivity contribution in [3.63, 3.8) is 0 Å². The molecule has 3 N–H and O–H groups in total. The van der Waals surface area contributed by atoms with Gasteiger partial charge in [-0.3, -0.25) is 0 Å². The first-order chi connectivity index (χ1) is 18.0. The third-order valence-corrected chi connectivity index (χ3v) is 5.87. The van der Waals surface area contributed by atoms with Gasteiger partial charge in [0.25, 0.3) is 0 Å². The Labute approximate surface area is 218 Å². The van der Waals surface area contributed by atoms with E-state index >= 15 is 0 Å². The first-order valence-corrected chi connectivity index (χ1v) is 12.2. The molecule has 9 heteroatoms. The van der Waals surface area contributed by atoms with Crippen molar-refractivity contribution >= 4 is 5.82 Å². The van der Waals surface area contributed by atoms with E-state index in [0.717, 1.165) is 28.2 Å². The first-order valence-electron chi connectivity index (χ1n) is 12.2. The topological polar surface area (TPSA) is 103 Å². The van der Waals surface area contributed by atoms with Gasteiger partial charge in [0.15, 0.2) is 0 Å². The summed E-state index contributed by atoms with van der Waals surface area (Å²) in [6, 6.07) is 14.7. The van der Waals surface area contributed by atoms with Gasteiger partial charge in [-0.05, 0) is 44.2 Å². The Bertz CT molecular complexity index is 1130. The number of nitrogens with zero attached hydrogens (tertiary/aromatic N) is 1. The van der Waals surface area contributed by atoms with Gasteiger partial charge in [-0.15, -0.1) is 0 Å². The number of benzene rings is 2. The zero-order valence-corrected chi connectivity index (χ0v) is 22.2. The number of phenolic OH excluding ortho intramolecular Hbond substituents is 1. The summed E-state index contributed by atoms with van der Waals surface area (Å²) < 4.78 is 28.4. The Balaban J connectivity index is 1.77. The van der Waals surface area contributed by atoms with Gasteiger partial charge in [-0.2, -0.15) is 0 Å². The Kier molecular flexibility index (Phi) is 10.4. The molecule has 9 nitrogen and oxygen atoms in total. The highest BCUT2D eigenvalue weighted by Crippen LogP contribution is 2.30. The summed E-state index contributed by atoms with van der Waals surface area (Å²) in [7, 11) is 4.83. The number of methoxy groups -OCH3 is 3. The molecule has 0 saturated carbocycles. The molecule has 37 heavy (non-hydrogen) atoms. The van der Waals surface area contributed by atoms with Crippen LogP contribution in [0.5, 0.6) is 23.0 Å². The number of hydrogen-bond donors (Lipinski definition) is 3. The number of anilines is 1. The van der Waals surface area contributed by atoms with Crippen molar-refractivity contribution in [3.05, 3.63) is 71.4 Å². The average molecular weight is 512 g/mol. The molecule has 0 spiro atoms. The number of pyridine rings is 1. The van der Waals surface area contributed by atoms with E-state index in [9.17, 15) is 5.11 Å². The lowest BCUT2D eigenvalue weighted by molar-refractivity contribution is -0.239. The number of rotatable bonds is 15. The monoisotopic (exact) mass is 511 g/mol. The normalized spacial score (nSPS) is 11.3. The Morgan fingerprint density at radius 1 is 0.811 bits per heavy atom. The van der Waals surface area contributed by atoms with Crippen LogP contribution in [0.4, 0.5) is 5.82 Å². The molecule has 0 saturated heterocycles. The lowest BCUT2D eigenvalue weighted by Gasteiger charge is -2.34. The number of hydrogen-bond acceptors (Lipinski definition) is 9. The van der Waals surface area contributed by atoms with Gasteiger partial charge < -0.3 is 39.4 Å². The van der Waals surface area contributed by atoms with Gasteiger partial charge in [-0.1, -0.05) is 6.07 Å². The second kappa shape index (κ2) is 13.7. The minimum absolute atomic E-state index is 0.152. The van der Waals surface area contributed by atoms with Crippen LogP contribution in [0.15, 0.2) is 54.7 Å². The number of aromatic nitrogens is 1. The van der Waals surface area contributed by atoms with Crippen molar-refractivity contribution in [1.29, 1.82) is 0 Å². The fourth-order valence-electron chi connectivity index (χ4n) is 4.01. The molecule has 0 unspecified atom stereocenters. The van der Waals surface area contributed by atoms with Crippen LogP contribution in [-0.2, 0) is 28.4 Å². The van der Waals surface area contributed by atoms with Crippen LogP contribution >= 0.6 is 0 Å². The predicted molar refractivity (Wildman–Crippen MR) is 142 cm³/mol. The molecule has 0 aliphatic carbocycles. The molecule has 0 amide bonds. The molecule has 0 bridgehead atoms. The maximum Gasteiger partial charge on any atom is 0.207 e. The van der Waals surface area contributed by atoms with E-state index in [2.05, 4.69) is 15.6 Å². The van der Waals surface area contributed by atoms with Gasteiger partial charge in [0.2, 0.25) is 5.79 Å². The maximum atomic E-state index is 10.3. The molecular formula is C28H37N3O6. The van der Waals surface area contributed by atoms with Crippen LogP contribution in [-0.4, -0.2) is 51.2 Å². The second-order valence-electron chi connectivity index (χ2n) is 8.18. The van der Waals surface area contributed by atoms with Crippen LogP contribution in [0.1, 0.15) is 30.5 Å². The average Bonchev–Trinajstić information content (AvgIpc) is 2.92. The highest BCUT2D eigenvalue weighted by molar-refractivity contribution is 5.45. The van der Waals surface area contributed by atoms with Crippen molar-refractivity contribution in [1.82, 2.24) is 10.3 Å². The van der Waals surface area contributed by atoms with Crippen LogP contribution in [0, 0.1) is 0 Å². The standard InChI is InChI=1S/C28H37N3O6/c1-6-36-28(37-7-2,19-29-17-21-9-11-24(34-4)16-26(21)35-5)22-12-13-30-27(14-22)31-18-20-8-10-23(33-3)15-25(20)32/h8-16,29,32H,6-7,17-19H2,1-5H3,(H,30,31). The van der Waals surface area contributed by atoms with E-state index in [1.807, 2.05) is 50.2 Å². The molecule has 0 aliphatic heterocycles. The van der Waals surface area contributed by atoms with E-state index in [-0.39, 0.29) is 5.75 Å². The third-order valence-electron chi connectivity index (χ3n) is 5.87. The van der Waals surface area contributed by atoms with Crippen molar-refractivity contribution < 1.29 is 28.8 Å². The molecule has 200 valence electrons. The van der Waals surface area contributed by atoms with Gasteiger partial charge >= 0.3 is 0 Å². The summed E-state index contributed by atoms with van der Waals surface area (Å²) in [6.07, 6.45) is 1.71. The summed E-state index contributed by atoms with van der Waals surface area (Å²) in [4.78, 5) is 4.44. The largest absolute Gasteiger partial charge is 0.507 e. The third kappa shape index (κ3) is 7.25. The van der Waals surface area contributed by atoms with Gasteiger partial charge in [0.05, 0.1) is 27.9 Å². The summed E-state index contributed by atoms with van der Waals surface area (Å²) in [5, 5.41) is 17.0. The molecule has 2 aromatic carbocycles. The van der Waals surface area contributed by atoms with E-state index < -0.39 is 5.79 Å². The molecule has 0 atom stereocenters. The zero-order chi connectivity index (χ0) is 26.7. The maximum absolute atomic E-state index is 10.3. The second-order valence-corrected chi connectivity index (χ2v) is 8.18. The highest BCUT2D eigenvalue weighted by atomic mass is 16.7. The summed E-state index contributed by atoms with van der Waals surface area (Å²) in [5.41, 5.74) is 2.53. The van der Waals surface area contributed by atoms with E-state index in [1.54, 1.807) is 39.7 Å². The Morgan fingerprint density at radius 3 is 2.11 bits per heavy atom. The van der Waals surface area contributed by atoms with Crippen LogP contribution in [0.3, 0.4) is 0 Å². The molecular weight excluding hydrogens is 474 g/mol. The fraction of sp³-hybridized carbons (Fsp3) is 0.393. The number of nitrogens with one attached hydrogen (secondary N) is 2. The van der Waals surface area contributed by atoms with E-state index in [1.165, 1.54) is 0 Å². The number of phenols is 1. The summed E-state index contributed by atoms with van der Waals surface area (Å²) in [6.45, 7) is 6.11. The lowest BCUT2D eigenvalue weighted by Crippen LogP contribution is -2.43. The van der Waals surface area contributed by atoms with Crippen molar-refractivity contribution in [2.75, 3.05) is 46.4 Å². The minimum Gasteiger partial charge on any atom is -0.507 e. The SMILES string of the molecule is CCOC(CNCc1ccc(OC)cc1OC)(OCC)c1ccnc(NCc2ccc(OC)cc2O)c1. The number of ether oxygens (including phenoxy) is 5. The Morgan fingerprint density at radius 2 is 1.49 bits per heavy atom. The minimum atomic E-state index is -1.02.